The van der Waals surface area contributed by atoms with Gasteiger partial charge < -0.3 is 5.32 Å². The van der Waals surface area contributed by atoms with Crippen LogP contribution in [0.2, 0.25) is 0 Å². The fourth-order valence-electron chi connectivity index (χ4n) is 3.40. The quantitative estimate of drug-likeness (QED) is 0.772. The molecule has 1 N–H and O–H groups in total. The molecule has 4 rings (SSSR count). The van der Waals surface area contributed by atoms with Gasteiger partial charge in [0.05, 0.1) is 0 Å². The van der Waals surface area contributed by atoms with E-state index in [0.717, 1.165) is 22.0 Å². The van der Waals surface area contributed by atoms with Crippen molar-refractivity contribution < 1.29 is 9.59 Å². The fraction of sp³-hybridized carbons (Fsp3) is 0.0909. The van der Waals surface area contributed by atoms with Crippen molar-refractivity contribution in [1.82, 2.24) is 4.90 Å². The van der Waals surface area contributed by atoms with Gasteiger partial charge in [0.1, 0.15) is 6.04 Å². The Morgan fingerprint density at radius 3 is 2.38 bits per heavy atom. The first-order valence-electron chi connectivity index (χ1n) is 8.48. The Labute approximate surface area is 151 Å². The first-order chi connectivity index (χ1) is 12.6. The lowest BCUT2D eigenvalue weighted by atomic mass is 10.1. The van der Waals surface area contributed by atoms with E-state index in [1.54, 1.807) is 13.0 Å². The van der Waals surface area contributed by atoms with E-state index < -0.39 is 6.04 Å². The van der Waals surface area contributed by atoms with Crippen molar-refractivity contribution in [3.8, 4) is 0 Å². The van der Waals surface area contributed by atoms with E-state index in [-0.39, 0.29) is 11.8 Å². The van der Waals surface area contributed by atoms with Crippen LogP contribution in [-0.4, -0.2) is 22.8 Å². The highest BCUT2D eigenvalue weighted by Gasteiger charge is 2.36. The number of anilines is 1. The van der Waals surface area contributed by atoms with Crippen molar-refractivity contribution >= 4 is 34.0 Å². The van der Waals surface area contributed by atoms with E-state index >= 15 is 0 Å². The third-order valence-corrected chi connectivity index (χ3v) is 4.79. The Bertz CT molecular complexity index is 1010. The molecule has 3 aromatic rings. The minimum Gasteiger partial charge on any atom is -0.324 e. The number of nitrogens with zero attached hydrogens (tertiary/aromatic N) is 1. The van der Waals surface area contributed by atoms with E-state index in [2.05, 4.69) is 11.9 Å². The minimum absolute atomic E-state index is 0.189. The number of carbonyl (C=O) groups excluding carboxylic acids is 2. The van der Waals surface area contributed by atoms with Crippen LogP contribution >= 0.6 is 0 Å². The van der Waals surface area contributed by atoms with Gasteiger partial charge in [-0.05, 0) is 24.4 Å². The van der Waals surface area contributed by atoms with Crippen LogP contribution in [0.5, 0.6) is 0 Å². The summed E-state index contributed by atoms with van der Waals surface area (Å²) >= 11 is 0. The molecular weight excluding hydrogens is 324 g/mol. The zero-order valence-electron chi connectivity index (χ0n) is 14.4. The van der Waals surface area contributed by atoms with E-state index in [1.165, 1.54) is 4.90 Å². The number of hydrogen-bond acceptors (Lipinski definition) is 2. The third-order valence-electron chi connectivity index (χ3n) is 4.79. The molecule has 1 aliphatic rings. The predicted octanol–water partition coefficient (Wildman–Crippen LogP) is 4.29. The predicted molar refractivity (Wildman–Crippen MR) is 104 cm³/mol. The maximum Gasteiger partial charge on any atom is 0.259 e. The summed E-state index contributed by atoms with van der Waals surface area (Å²) in [5.74, 6) is -0.435. The molecule has 1 unspecified atom stereocenters. The highest BCUT2D eigenvalue weighted by molar-refractivity contribution is 6.12. The van der Waals surface area contributed by atoms with Crippen LogP contribution in [0.3, 0.4) is 0 Å². The summed E-state index contributed by atoms with van der Waals surface area (Å²) in [6, 6.07) is 20.2. The first-order valence-corrected chi connectivity index (χ1v) is 8.48. The first kappa shape index (κ1) is 16.1. The van der Waals surface area contributed by atoms with Gasteiger partial charge in [-0.15, -0.1) is 0 Å². The van der Waals surface area contributed by atoms with Crippen LogP contribution in [0, 0.1) is 0 Å². The molecule has 3 aromatic carbocycles. The molecule has 4 nitrogen and oxygen atoms in total. The number of rotatable bonds is 3. The summed E-state index contributed by atoms with van der Waals surface area (Å²) in [5, 5.41) is 4.97. The molecule has 128 valence electrons. The minimum atomic E-state index is -0.665. The fourth-order valence-corrected chi connectivity index (χ4v) is 3.40. The van der Waals surface area contributed by atoms with Crippen molar-refractivity contribution in [1.29, 1.82) is 0 Å². The molecule has 1 heterocycles. The van der Waals surface area contributed by atoms with Gasteiger partial charge in [0, 0.05) is 27.9 Å². The molecule has 1 aliphatic heterocycles. The van der Waals surface area contributed by atoms with E-state index in [1.807, 2.05) is 60.7 Å². The lowest BCUT2D eigenvalue weighted by Crippen LogP contribution is -2.41. The van der Waals surface area contributed by atoms with Crippen molar-refractivity contribution in [2.24, 2.45) is 0 Å². The molecule has 26 heavy (non-hydrogen) atoms. The second-order valence-corrected chi connectivity index (χ2v) is 6.36. The van der Waals surface area contributed by atoms with Gasteiger partial charge in [-0.25, -0.2) is 0 Å². The zero-order valence-corrected chi connectivity index (χ0v) is 14.4. The normalized spacial score (nSPS) is 14.4. The van der Waals surface area contributed by atoms with Crippen LogP contribution in [0.15, 0.2) is 73.3 Å². The molecule has 2 amide bonds. The molecule has 0 saturated carbocycles. The molecule has 1 atom stereocenters. The second kappa shape index (κ2) is 6.15. The summed E-state index contributed by atoms with van der Waals surface area (Å²) in [4.78, 5) is 27.0. The van der Waals surface area contributed by atoms with Crippen molar-refractivity contribution in [3.05, 3.63) is 84.4 Å². The number of benzene rings is 3. The summed E-state index contributed by atoms with van der Waals surface area (Å²) in [5.41, 5.74) is 2.66. The lowest BCUT2D eigenvalue weighted by molar-refractivity contribution is -0.119. The summed E-state index contributed by atoms with van der Waals surface area (Å²) in [6.45, 7) is 5.73. The summed E-state index contributed by atoms with van der Waals surface area (Å²) in [7, 11) is 0. The average molecular weight is 342 g/mol. The maximum atomic E-state index is 12.8. The van der Waals surface area contributed by atoms with E-state index in [9.17, 15) is 9.59 Å². The van der Waals surface area contributed by atoms with Gasteiger partial charge in [-0.3, -0.25) is 14.5 Å². The highest BCUT2D eigenvalue weighted by atomic mass is 16.2. The van der Waals surface area contributed by atoms with Crippen LogP contribution in [0.1, 0.15) is 22.8 Å². The molecule has 0 saturated heterocycles. The number of nitrogens with one attached hydrogen (secondary N) is 1. The molecular formula is C22H18N2O2. The van der Waals surface area contributed by atoms with Crippen molar-refractivity contribution in [2.45, 2.75) is 13.0 Å². The largest absolute Gasteiger partial charge is 0.324 e. The van der Waals surface area contributed by atoms with Gasteiger partial charge in [0.15, 0.2) is 0 Å². The molecule has 0 aliphatic carbocycles. The molecule has 0 bridgehead atoms. The van der Waals surface area contributed by atoms with Gasteiger partial charge in [0.25, 0.3) is 5.91 Å². The van der Waals surface area contributed by atoms with Crippen molar-refractivity contribution in [2.75, 3.05) is 5.32 Å². The Kier molecular flexibility index (Phi) is 3.81. The Morgan fingerprint density at radius 2 is 1.62 bits per heavy atom. The third kappa shape index (κ3) is 2.47. The SMILES string of the molecule is C=C1c2ccccc2C(=O)N1C(C)C(=O)Nc1cccc2ccccc12. The van der Waals surface area contributed by atoms with Crippen LogP contribution in [0.25, 0.3) is 16.5 Å². The monoisotopic (exact) mass is 342 g/mol. The molecule has 0 radical (unpaired) electrons. The van der Waals surface area contributed by atoms with Gasteiger partial charge in [-0.1, -0.05) is 61.2 Å². The standard InChI is InChI=1S/C22H18N2O2/c1-14-17-10-5-6-12-19(17)22(26)24(14)15(2)21(25)23-20-13-7-9-16-8-3-4-11-18(16)20/h3-13,15H,1H2,2H3,(H,23,25). The van der Waals surface area contributed by atoms with Gasteiger partial charge in [0.2, 0.25) is 5.91 Å². The number of carbonyl (C=O) groups is 2. The van der Waals surface area contributed by atoms with Crippen LogP contribution < -0.4 is 5.32 Å². The number of fused-ring (bicyclic) bond motifs is 2. The van der Waals surface area contributed by atoms with E-state index in [0.29, 0.717) is 11.3 Å². The number of amides is 2. The Hall–Kier alpha value is -3.40. The van der Waals surface area contributed by atoms with Gasteiger partial charge in [-0.2, -0.15) is 0 Å². The van der Waals surface area contributed by atoms with Crippen molar-refractivity contribution in [3.63, 3.8) is 0 Å². The molecule has 0 aromatic heterocycles. The van der Waals surface area contributed by atoms with Gasteiger partial charge >= 0.3 is 0 Å². The van der Waals surface area contributed by atoms with Crippen LogP contribution in [-0.2, 0) is 4.79 Å². The average Bonchev–Trinajstić information content (AvgIpc) is 2.92. The smallest absolute Gasteiger partial charge is 0.259 e. The zero-order chi connectivity index (χ0) is 18.3. The summed E-state index contributed by atoms with van der Waals surface area (Å²) in [6.07, 6.45) is 0. The molecule has 0 spiro atoms. The molecule has 0 fully saturated rings. The number of hydrogen-bond donors (Lipinski definition) is 1. The topological polar surface area (TPSA) is 49.4 Å². The lowest BCUT2D eigenvalue weighted by Gasteiger charge is -2.25. The van der Waals surface area contributed by atoms with Crippen LogP contribution in [0.4, 0.5) is 5.69 Å². The molecule has 4 heteroatoms. The Morgan fingerprint density at radius 1 is 0.962 bits per heavy atom. The maximum absolute atomic E-state index is 12.8. The second-order valence-electron chi connectivity index (χ2n) is 6.36. The highest BCUT2D eigenvalue weighted by Crippen LogP contribution is 2.33. The summed E-state index contributed by atoms with van der Waals surface area (Å²) < 4.78 is 0. The Balaban J connectivity index is 1.61. The van der Waals surface area contributed by atoms with E-state index in [4.69, 9.17) is 0 Å².